The molecule has 0 bridgehead atoms. The summed E-state index contributed by atoms with van der Waals surface area (Å²) in [5.41, 5.74) is 3.70. The standard InChI is InChI=1S/C19H26N2O2/c1-12-5-3-6-13(2)16(12)20-11-15(22)21-17-14-7-10-23-18(14)19(17)8-4-9-19/h3,5-6,14,17-18,20H,4,7-11H2,1-2H3,(H,21,22). The maximum atomic E-state index is 12.4. The molecule has 3 unspecified atom stereocenters. The molecule has 2 saturated carbocycles. The van der Waals surface area contributed by atoms with E-state index in [1.165, 1.54) is 30.4 Å². The van der Waals surface area contributed by atoms with E-state index in [9.17, 15) is 4.79 Å². The Balaban J connectivity index is 1.37. The van der Waals surface area contributed by atoms with Crippen molar-refractivity contribution in [2.75, 3.05) is 18.5 Å². The Hall–Kier alpha value is -1.55. The minimum Gasteiger partial charge on any atom is -0.377 e. The summed E-state index contributed by atoms with van der Waals surface area (Å²) in [6, 6.07) is 6.52. The minimum absolute atomic E-state index is 0.106. The summed E-state index contributed by atoms with van der Waals surface area (Å²) >= 11 is 0. The molecule has 2 aliphatic carbocycles. The van der Waals surface area contributed by atoms with Crippen LogP contribution >= 0.6 is 0 Å². The molecule has 1 aliphatic heterocycles. The monoisotopic (exact) mass is 314 g/mol. The van der Waals surface area contributed by atoms with Gasteiger partial charge in [-0.2, -0.15) is 0 Å². The lowest BCUT2D eigenvalue weighted by atomic mass is 9.46. The van der Waals surface area contributed by atoms with Gasteiger partial charge in [0.1, 0.15) is 0 Å². The predicted octanol–water partition coefficient (Wildman–Crippen LogP) is 2.79. The average molecular weight is 314 g/mol. The molecule has 1 saturated heterocycles. The fourth-order valence-electron chi connectivity index (χ4n) is 4.94. The van der Waals surface area contributed by atoms with Crippen LogP contribution in [0.3, 0.4) is 0 Å². The van der Waals surface area contributed by atoms with Crippen LogP contribution in [0.2, 0.25) is 0 Å². The molecule has 1 spiro atoms. The number of amides is 1. The first-order valence-corrected chi connectivity index (χ1v) is 8.83. The molecular weight excluding hydrogens is 288 g/mol. The van der Waals surface area contributed by atoms with Crippen molar-refractivity contribution in [2.45, 2.75) is 51.7 Å². The van der Waals surface area contributed by atoms with E-state index in [1.807, 2.05) is 6.07 Å². The van der Waals surface area contributed by atoms with Crippen molar-refractivity contribution in [3.05, 3.63) is 29.3 Å². The lowest BCUT2D eigenvalue weighted by Crippen LogP contribution is -2.72. The van der Waals surface area contributed by atoms with Gasteiger partial charge >= 0.3 is 0 Å². The Morgan fingerprint density at radius 1 is 1.30 bits per heavy atom. The average Bonchev–Trinajstić information content (AvgIpc) is 2.88. The number of anilines is 1. The molecule has 4 heteroatoms. The van der Waals surface area contributed by atoms with E-state index in [-0.39, 0.29) is 11.3 Å². The highest BCUT2D eigenvalue weighted by atomic mass is 16.5. The van der Waals surface area contributed by atoms with Crippen molar-refractivity contribution >= 4 is 11.6 Å². The van der Waals surface area contributed by atoms with Crippen LogP contribution in [0.5, 0.6) is 0 Å². The molecule has 3 atom stereocenters. The number of carbonyl (C=O) groups is 1. The van der Waals surface area contributed by atoms with Crippen molar-refractivity contribution in [2.24, 2.45) is 11.3 Å². The van der Waals surface area contributed by atoms with Crippen molar-refractivity contribution in [1.29, 1.82) is 0 Å². The predicted molar refractivity (Wildman–Crippen MR) is 90.5 cm³/mol. The van der Waals surface area contributed by atoms with Gasteiger partial charge in [-0.3, -0.25) is 4.79 Å². The summed E-state index contributed by atoms with van der Waals surface area (Å²) < 4.78 is 5.92. The van der Waals surface area contributed by atoms with Gasteiger partial charge in [-0.1, -0.05) is 24.6 Å². The largest absolute Gasteiger partial charge is 0.377 e. The van der Waals surface area contributed by atoms with Crippen molar-refractivity contribution in [3.63, 3.8) is 0 Å². The summed E-state index contributed by atoms with van der Waals surface area (Å²) in [5, 5.41) is 6.62. The van der Waals surface area contributed by atoms with Gasteiger partial charge in [-0.15, -0.1) is 0 Å². The highest BCUT2D eigenvalue weighted by molar-refractivity contribution is 5.82. The number of hydrogen-bond acceptors (Lipinski definition) is 3. The van der Waals surface area contributed by atoms with E-state index < -0.39 is 0 Å². The van der Waals surface area contributed by atoms with Gasteiger partial charge in [0.05, 0.1) is 12.6 Å². The Morgan fingerprint density at radius 3 is 2.70 bits per heavy atom. The number of aryl methyl sites for hydroxylation is 2. The zero-order chi connectivity index (χ0) is 16.0. The molecule has 0 radical (unpaired) electrons. The SMILES string of the molecule is Cc1cccc(C)c1NCC(=O)NC1C2CCOC2C12CCC2. The normalized spacial score (nSPS) is 30.3. The number of ether oxygens (including phenoxy) is 1. The second kappa shape index (κ2) is 5.52. The van der Waals surface area contributed by atoms with E-state index in [2.05, 4.69) is 36.6 Å². The van der Waals surface area contributed by atoms with Crippen LogP contribution in [0.4, 0.5) is 5.69 Å². The molecular formula is C19H26N2O2. The maximum absolute atomic E-state index is 12.4. The summed E-state index contributed by atoms with van der Waals surface area (Å²) in [6.45, 7) is 5.35. The zero-order valence-corrected chi connectivity index (χ0v) is 14.0. The van der Waals surface area contributed by atoms with E-state index in [1.54, 1.807) is 0 Å². The van der Waals surface area contributed by atoms with Gasteiger partial charge in [0.2, 0.25) is 5.91 Å². The number of hydrogen-bond donors (Lipinski definition) is 2. The summed E-state index contributed by atoms with van der Waals surface area (Å²) in [4.78, 5) is 12.4. The van der Waals surface area contributed by atoms with Crippen LogP contribution in [-0.2, 0) is 9.53 Å². The van der Waals surface area contributed by atoms with E-state index in [0.29, 0.717) is 24.6 Å². The summed E-state index contributed by atoms with van der Waals surface area (Å²) in [6.07, 6.45) is 5.21. The number of benzene rings is 1. The van der Waals surface area contributed by atoms with Gasteiger partial charge in [0, 0.05) is 29.7 Å². The van der Waals surface area contributed by atoms with Gasteiger partial charge in [0.25, 0.3) is 0 Å². The Labute approximate surface area is 138 Å². The number of nitrogens with one attached hydrogen (secondary N) is 2. The Kier molecular flexibility index (Phi) is 3.60. The molecule has 1 aromatic carbocycles. The van der Waals surface area contributed by atoms with Gasteiger partial charge < -0.3 is 15.4 Å². The van der Waals surface area contributed by atoms with Crippen molar-refractivity contribution in [3.8, 4) is 0 Å². The zero-order valence-electron chi connectivity index (χ0n) is 14.0. The molecule has 1 heterocycles. The molecule has 2 N–H and O–H groups in total. The quantitative estimate of drug-likeness (QED) is 0.898. The highest BCUT2D eigenvalue weighted by Crippen LogP contribution is 2.62. The van der Waals surface area contributed by atoms with Crippen LogP contribution in [0.1, 0.15) is 36.8 Å². The first kappa shape index (κ1) is 15.0. The fourth-order valence-corrected chi connectivity index (χ4v) is 4.94. The second-order valence-corrected chi connectivity index (χ2v) is 7.50. The number of para-hydroxylation sites is 1. The molecule has 124 valence electrons. The molecule has 0 aromatic heterocycles. The minimum atomic E-state index is 0.106. The first-order valence-electron chi connectivity index (χ1n) is 8.83. The molecule has 1 aromatic rings. The third-order valence-electron chi connectivity index (χ3n) is 6.26. The lowest BCUT2D eigenvalue weighted by Gasteiger charge is -2.63. The van der Waals surface area contributed by atoms with Crippen molar-refractivity contribution in [1.82, 2.24) is 5.32 Å². The van der Waals surface area contributed by atoms with E-state index in [0.717, 1.165) is 18.7 Å². The van der Waals surface area contributed by atoms with E-state index in [4.69, 9.17) is 4.74 Å². The van der Waals surface area contributed by atoms with Crippen LogP contribution in [0.15, 0.2) is 18.2 Å². The Morgan fingerprint density at radius 2 is 2.04 bits per heavy atom. The van der Waals surface area contributed by atoms with Crippen LogP contribution in [0.25, 0.3) is 0 Å². The smallest absolute Gasteiger partial charge is 0.239 e. The molecule has 4 rings (SSSR count). The molecule has 4 nitrogen and oxygen atoms in total. The fraction of sp³-hybridized carbons (Fsp3) is 0.632. The number of rotatable bonds is 4. The topological polar surface area (TPSA) is 50.4 Å². The second-order valence-electron chi connectivity index (χ2n) is 7.50. The summed E-state index contributed by atoms with van der Waals surface area (Å²) in [5.74, 6) is 0.647. The summed E-state index contributed by atoms with van der Waals surface area (Å²) in [7, 11) is 0. The van der Waals surface area contributed by atoms with Crippen LogP contribution in [0, 0.1) is 25.2 Å². The molecule has 3 fully saturated rings. The van der Waals surface area contributed by atoms with Gasteiger partial charge in [0.15, 0.2) is 0 Å². The molecule has 1 amide bonds. The molecule has 23 heavy (non-hydrogen) atoms. The van der Waals surface area contributed by atoms with E-state index >= 15 is 0 Å². The molecule has 3 aliphatic rings. The van der Waals surface area contributed by atoms with Crippen LogP contribution in [-0.4, -0.2) is 31.2 Å². The number of fused-ring (bicyclic) bond motifs is 2. The maximum Gasteiger partial charge on any atom is 0.239 e. The lowest BCUT2D eigenvalue weighted by molar-refractivity contribution is -0.178. The first-order chi connectivity index (χ1) is 11.1. The Bertz CT molecular complexity index is 604. The third-order valence-corrected chi connectivity index (χ3v) is 6.26. The number of carbonyl (C=O) groups excluding carboxylic acids is 1. The van der Waals surface area contributed by atoms with Crippen molar-refractivity contribution < 1.29 is 9.53 Å². The van der Waals surface area contributed by atoms with Crippen LogP contribution < -0.4 is 10.6 Å². The van der Waals surface area contributed by atoms with Gasteiger partial charge in [-0.25, -0.2) is 0 Å². The highest BCUT2D eigenvalue weighted by Gasteiger charge is 2.66. The van der Waals surface area contributed by atoms with Gasteiger partial charge in [-0.05, 0) is 44.2 Å². The third kappa shape index (κ3) is 2.26.